The van der Waals surface area contributed by atoms with E-state index in [-0.39, 0.29) is 11.9 Å². The molecule has 1 heterocycles. The van der Waals surface area contributed by atoms with Gasteiger partial charge >= 0.3 is 0 Å². The van der Waals surface area contributed by atoms with E-state index in [0.29, 0.717) is 17.0 Å². The van der Waals surface area contributed by atoms with Crippen LogP contribution in [0, 0.1) is 0 Å². The van der Waals surface area contributed by atoms with E-state index >= 15 is 0 Å². The number of carbonyl (C=O) groups excluding carboxylic acids is 1. The zero-order valence-electron chi connectivity index (χ0n) is 9.42. The highest BCUT2D eigenvalue weighted by atomic mass is 79.9. The normalized spacial score (nSPS) is 19.5. The summed E-state index contributed by atoms with van der Waals surface area (Å²) < 4.78 is 6.27. The summed E-state index contributed by atoms with van der Waals surface area (Å²) in [6.07, 6.45) is 3.83. The van der Waals surface area contributed by atoms with Crippen LogP contribution in [-0.2, 0) is 4.74 Å². The van der Waals surface area contributed by atoms with Crippen molar-refractivity contribution < 1.29 is 9.53 Å². The average Bonchev–Trinajstić information content (AvgIpc) is 2.82. The van der Waals surface area contributed by atoms with Gasteiger partial charge in [-0.25, -0.2) is 0 Å². The fourth-order valence-corrected chi connectivity index (χ4v) is 2.47. The van der Waals surface area contributed by atoms with E-state index in [9.17, 15) is 4.79 Å². The first-order valence-corrected chi connectivity index (χ1v) is 6.94. The van der Waals surface area contributed by atoms with Gasteiger partial charge in [0.1, 0.15) is 0 Å². The molecule has 0 amide bonds. The van der Waals surface area contributed by atoms with Crippen molar-refractivity contribution in [1.82, 2.24) is 0 Å². The molecule has 0 bridgehead atoms. The Morgan fingerprint density at radius 2 is 2.35 bits per heavy atom. The zero-order chi connectivity index (χ0) is 12.3. The number of ketones is 1. The van der Waals surface area contributed by atoms with Gasteiger partial charge in [0.15, 0.2) is 5.78 Å². The molecule has 0 N–H and O–H groups in total. The molecular weight excluding hydrogens is 303 g/mol. The van der Waals surface area contributed by atoms with Crippen molar-refractivity contribution in [1.29, 1.82) is 0 Å². The summed E-state index contributed by atoms with van der Waals surface area (Å²) >= 11 is 9.21. The van der Waals surface area contributed by atoms with Crippen LogP contribution in [0.4, 0.5) is 0 Å². The summed E-state index contributed by atoms with van der Waals surface area (Å²) in [7, 11) is 0. The van der Waals surface area contributed by atoms with Gasteiger partial charge in [-0.3, -0.25) is 4.79 Å². The Labute approximate surface area is 114 Å². The van der Waals surface area contributed by atoms with Crippen molar-refractivity contribution >= 4 is 33.3 Å². The second-order valence-electron chi connectivity index (χ2n) is 4.23. The first kappa shape index (κ1) is 13.1. The van der Waals surface area contributed by atoms with Gasteiger partial charge in [-0.05, 0) is 53.4 Å². The molecule has 1 fully saturated rings. The minimum Gasteiger partial charge on any atom is -0.378 e. The van der Waals surface area contributed by atoms with Crippen LogP contribution in [-0.4, -0.2) is 18.5 Å². The fourth-order valence-electron chi connectivity index (χ4n) is 1.98. The number of hydrogen-bond acceptors (Lipinski definition) is 2. The lowest BCUT2D eigenvalue weighted by Crippen LogP contribution is -2.08. The molecule has 92 valence electrons. The lowest BCUT2D eigenvalue weighted by atomic mass is 10.0. The van der Waals surface area contributed by atoms with Crippen molar-refractivity contribution in [2.75, 3.05) is 6.61 Å². The number of ether oxygens (including phenoxy) is 1. The van der Waals surface area contributed by atoms with Gasteiger partial charge in [0.05, 0.1) is 11.1 Å². The minimum atomic E-state index is 0.151. The summed E-state index contributed by atoms with van der Waals surface area (Å²) in [5.74, 6) is 0.151. The maximum atomic E-state index is 11.9. The molecule has 2 rings (SSSR count). The molecule has 4 heteroatoms. The first-order valence-electron chi connectivity index (χ1n) is 5.76. The largest absolute Gasteiger partial charge is 0.378 e. The van der Waals surface area contributed by atoms with Crippen LogP contribution in [0.2, 0.25) is 5.02 Å². The molecule has 0 aliphatic carbocycles. The predicted octanol–water partition coefficient (Wildman–Crippen LogP) is 4.24. The third kappa shape index (κ3) is 3.54. The van der Waals surface area contributed by atoms with Crippen LogP contribution in [0.3, 0.4) is 0 Å². The van der Waals surface area contributed by atoms with Crippen LogP contribution in [0.25, 0.3) is 0 Å². The molecule has 0 saturated carbocycles. The number of halogens is 2. The predicted molar refractivity (Wildman–Crippen MR) is 71.7 cm³/mol. The van der Waals surface area contributed by atoms with E-state index < -0.39 is 0 Å². The van der Waals surface area contributed by atoms with Gasteiger partial charge in [0.2, 0.25) is 0 Å². The van der Waals surface area contributed by atoms with Gasteiger partial charge in [-0.1, -0.05) is 11.6 Å². The summed E-state index contributed by atoms with van der Waals surface area (Å²) in [6, 6.07) is 5.29. The van der Waals surface area contributed by atoms with Gasteiger partial charge in [-0.15, -0.1) is 0 Å². The third-order valence-electron chi connectivity index (χ3n) is 2.96. The molecule has 1 atom stereocenters. The summed E-state index contributed by atoms with van der Waals surface area (Å²) in [5, 5.41) is 0.626. The Morgan fingerprint density at radius 3 is 3.00 bits per heavy atom. The van der Waals surface area contributed by atoms with Crippen molar-refractivity contribution in [3.8, 4) is 0 Å². The summed E-state index contributed by atoms with van der Waals surface area (Å²) in [6.45, 7) is 0.839. The summed E-state index contributed by atoms with van der Waals surface area (Å²) in [5.41, 5.74) is 0.708. The fraction of sp³-hybridized carbons (Fsp3) is 0.462. The highest BCUT2D eigenvalue weighted by molar-refractivity contribution is 9.10. The molecule has 1 saturated heterocycles. The standard InChI is InChI=1S/C13H14BrClO2/c14-11-8-9(3-5-12(11)15)13(16)6-4-10-2-1-7-17-10/h3,5,8,10H,1-2,4,6-7H2. The van der Waals surface area contributed by atoms with E-state index in [1.165, 1.54) is 0 Å². The van der Waals surface area contributed by atoms with E-state index in [0.717, 1.165) is 30.3 Å². The van der Waals surface area contributed by atoms with Crippen LogP contribution in [0.5, 0.6) is 0 Å². The lowest BCUT2D eigenvalue weighted by molar-refractivity contribution is 0.0859. The highest BCUT2D eigenvalue weighted by Gasteiger charge is 2.17. The maximum absolute atomic E-state index is 11.9. The van der Waals surface area contributed by atoms with Crippen molar-refractivity contribution in [2.45, 2.75) is 31.8 Å². The third-order valence-corrected chi connectivity index (χ3v) is 4.17. The molecule has 0 radical (unpaired) electrons. The van der Waals surface area contributed by atoms with Crippen molar-refractivity contribution in [3.05, 3.63) is 33.3 Å². The van der Waals surface area contributed by atoms with Crippen LogP contribution < -0.4 is 0 Å². The Balaban J connectivity index is 1.92. The van der Waals surface area contributed by atoms with Gasteiger partial charge in [0.25, 0.3) is 0 Å². The van der Waals surface area contributed by atoms with E-state index in [1.807, 2.05) is 0 Å². The smallest absolute Gasteiger partial charge is 0.163 e. The van der Waals surface area contributed by atoms with Crippen molar-refractivity contribution in [3.63, 3.8) is 0 Å². The van der Waals surface area contributed by atoms with Gasteiger partial charge < -0.3 is 4.74 Å². The first-order chi connectivity index (χ1) is 8.16. The number of rotatable bonds is 4. The SMILES string of the molecule is O=C(CCC1CCCO1)c1ccc(Cl)c(Br)c1. The van der Waals surface area contributed by atoms with E-state index in [1.54, 1.807) is 18.2 Å². The lowest BCUT2D eigenvalue weighted by Gasteiger charge is -2.08. The molecule has 0 spiro atoms. The molecule has 1 aliphatic heterocycles. The second kappa shape index (κ2) is 5.98. The Kier molecular flexibility index (Phi) is 4.60. The molecule has 1 aliphatic rings. The number of carbonyl (C=O) groups is 1. The highest BCUT2D eigenvalue weighted by Crippen LogP contribution is 2.24. The summed E-state index contributed by atoms with van der Waals surface area (Å²) in [4.78, 5) is 11.9. The topological polar surface area (TPSA) is 26.3 Å². The molecule has 2 nitrogen and oxygen atoms in total. The van der Waals surface area contributed by atoms with E-state index in [4.69, 9.17) is 16.3 Å². The second-order valence-corrected chi connectivity index (χ2v) is 5.49. The van der Waals surface area contributed by atoms with Gasteiger partial charge in [0, 0.05) is 23.1 Å². The van der Waals surface area contributed by atoms with E-state index in [2.05, 4.69) is 15.9 Å². The number of hydrogen-bond donors (Lipinski definition) is 0. The van der Waals surface area contributed by atoms with Gasteiger partial charge in [-0.2, -0.15) is 0 Å². The molecular formula is C13H14BrClO2. The Morgan fingerprint density at radius 1 is 1.53 bits per heavy atom. The average molecular weight is 318 g/mol. The molecule has 1 aromatic carbocycles. The van der Waals surface area contributed by atoms with Crippen molar-refractivity contribution in [2.24, 2.45) is 0 Å². The quantitative estimate of drug-likeness (QED) is 0.776. The molecule has 1 unspecified atom stereocenters. The van der Waals surface area contributed by atoms with Crippen LogP contribution in [0.15, 0.2) is 22.7 Å². The minimum absolute atomic E-state index is 0.151. The van der Waals surface area contributed by atoms with Crippen LogP contribution in [0.1, 0.15) is 36.0 Å². The molecule has 17 heavy (non-hydrogen) atoms. The number of Topliss-reactive ketones (excluding diaryl/α,β-unsaturated/α-hetero) is 1. The zero-order valence-corrected chi connectivity index (χ0v) is 11.8. The monoisotopic (exact) mass is 316 g/mol. The number of benzene rings is 1. The molecule has 0 aromatic heterocycles. The maximum Gasteiger partial charge on any atom is 0.163 e. The Bertz CT molecular complexity index is 414. The Hall–Kier alpha value is -0.380. The van der Waals surface area contributed by atoms with Crippen LogP contribution >= 0.6 is 27.5 Å². The molecule has 1 aromatic rings.